The van der Waals surface area contributed by atoms with Gasteiger partial charge in [0.2, 0.25) is 5.91 Å². The van der Waals surface area contributed by atoms with Crippen molar-refractivity contribution in [1.82, 2.24) is 5.32 Å². The number of aliphatic carboxylic acids is 1. The first-order valence-electron chi connectivity index (χ1n) is 10.6. The molecular formula is C25H29NO4S. The molecule has 2 aromatic carbocycles. The van der Waals surface area contributed by atoms with E-state index >= 15 is 0 Å². The number of hydrogen-bond acceptors (Lipinski definition) is 4. The highest BCUT2D eigenvalue weighted by molar-refractivity contribution is 7.82. The van der Waals surface area contributed by atoms with Crippen LogP contribution in [-0.2, 0) is 20.8 Å². The van der Waals surface area contributed by atoms with Crippen LogP contribution in [0.5, 0.6) is 0 Å². The zero-order valence-corrected chi connectivity index (χ0v) is 18.8. The van der Waals surface area contributed by atoms with E-state index in [1.54, 1.807) is 13.8 Å². The third-order valence-corrected chi connectivity index (χ3v) is 6.19. The number of Topliss-reactive ketones (excluding diaryl/α,β-unsaturated/α-hetero) is 1. The molecular weight excluding hydrogens is 410 g/mol. The lowest BCUT2D eigenvalue weighted by molar-refractivity contribution is -0.148. The van der Waals surface area contributed by atoms with Gasteiger partial charge in [-0.2, -0.15) is 12.6 Å². The Morgan fingerprint density at radius 1 is 1.00 bits per heavy atom. The van der Waals surface area contributed by atoms with E-state index in [-0.39, 0.29) is 12.2 Å². The van der Waals surface area contributed by atoms with E-state index in [1.165, 1.54) is 0 Å². The zero-order valence-electron chi connectivity index (χ0n) is 17.9. The smallest absolute Gasteiger partial charge is 0.326 e. The fourth-order valence-electron chi connectivity index (χ4n) is 4.32. The van der Waals surface area contributed by atoms with Crippen LogP contribution in [0.25, 0.3) is 11.1 Å². The van der Waals surface area contributed by atoms with Gasteiger partial charge in [0.05, 0.1) is 4.75 Å². The Balaban J connectivity index is 1.76. The maximum Gasteiger partial charge on any atom is 0.326 e. The Morgan fingerprint density at radius 2 is 1.55 bits per heavy atom. The van der Waals surface area contributed by atoms with Gasteiger partial charge >= 0.3 is 5.97 Å². The predicted molar refractivity (Wildman–Crippen MR) is 124 cm³/mol. The van der Waals surface area contributed by atoms with Gasteiger partial charge < -0.3 is 10.4 Å². The van der Waals surface area contributed by atoms with E-state index < -0.39 is 28.1 Å². The minimum absolute atomic E-state index is 0.144. The largest absolute Gasteiger partial charge is 0.480 e. The summed E-state index contributed by atoms with van der Waals surface area (Å²) in [5, 5.41) is 12.4. The van der Waals surface area contributed by atoms with Gasteiger partial charge in [0.15, 0.2) is 5.78 Å². The Bertz CT molecular complexity index is 942. The molecule has 3 rings (SSSR count). The molecule has 1 saturated carbocycles. The molecule has 6 heteroatoms. The van der Waals surface area contributed by atoms with E-state index in [1.807, 2.05) is 54.6 Å². The Kier molecular flexibility index (Phi) is 6.90. The molecule has 5 nitrogen and oxygen atoms in total. The summed E-state index contributed by atoms with van der Waals surface area (Å²) in [5.74, 6) is -1.86. The fourth-order valence-corrected chi connectivity index (χ4v) is 4.53. The van der Waals surface area contributed by atoms with E-state index in [0.29, 0.717) is 12.8 Å². The molecule has 1 aliphatic carbocycles. The fraction of sp³-hybridized carbons (Fsp3) is 0.400. The first-order chi connectivity index (χ1) is 14.6. The number of nitrogens with one attached hydrogen (secondary N) is 1. The van der Waals surface area contributed by atoms with Crippen LogP contribution in [0.3, 0.4) is 0 Å². The molecule has 1 fully saturated rings. The standard InChI is InChI=1S/C25H29NO4S/c1-24(2,31)22(29)25(14-6-7-15-25)23(30)26-20(21(27)28)16-17-10-12-19(13-11-17)18-8-4-3-5-9-18/h3-5,8-13,20,31H,6-7,14-16H2,1-2H3,(H,26,30)(H,27,28)/t20-/m0/s1. The van der Waals surface area contributed by atoms with Crippen LogP contribution in [0.15, 0.2) is 54.6 Å². The minimum atomic E-state index is -1.20. The molecule has 31 heavy (non-hydrogen) atoms. The maximum absolute atomic E-state index is 13.2. The van der Waals surface area contributed by atoms with Crippen molar-refractivity contribution in [3.8, 4) is 11.1 Å². The highest BCUT2D eigenvalue weighted by atomic mass is 32.1. The topological polar surface area (TPSA) is 83.5 Å². The normalized spacial score (nSPS) is 16.5. The minimum Gasteiger partial charge on any atom is -0.480 e. The lowest BCUT2D eigenvalue weighted by Gasteiger charge is -2.33. The van der Waals surface area contributed by atoms with Crippen LogP contribution in [0.4, 0.5) is 0 Å². The van der Waals surface area contributed by atoms with Gasteiger partial charge in [-0.05, 0) is 43.4 Å². The van der Waals surface area contributed by atoms with Gasteiger partial charge in [-0.25, -0.2) is 4.79 Å². The number of amides is 1. The Labute approximate surface area is 188 Å². The van der Waals surface area contributed by atoms with Crippen LogP contribution in [0.2, 0.25) is 0 Å². The zero-order chi connectivity index (χ0) is 22.6. The molecule has 0 heterocycles. The molecule has 0 unspecified atom stereocenters. The number of hydrogen-bond donors (Lipinski definition) is 3. The van der Waals surface area contributed by atoms with Crippen molar-refractivity contribution >= 4 is 30.3 Å². The first-order valence-corrected chi connectivity index (χ1v) is 11.0. The van der Waals surface area contributed by atoms with Crippen molar-refractivity contribution < 1.29 is 19.5 Å². The molecule has 0 bridgehead atoms. The van der Waals surface area contributed by atoms with Crippen LogP contribution in [0.1, 0.15) is 45.1 Å². The summed E-state index contributed by atoms with van der Waals surface area (Å²) in [5.41, 5.74) is 1.71. The summed E-state index contributed by atoms with van der Waals surface area (Å²) < 4.78 is -0.965. The maximum atomic E-state index is 13.2. The molecule has 2 N–H and O–H groups in total. The van der Waals surface area contributed by atoms with Crippen molar-refractivity contribution in [2.75, 3.05) is 0 Å². The number of ketones is 1. The number of benzene rings is 2. The molecule has 0 spiro atoms. The van der Waals surface area contributed by atoms with Gasteiger partial charge in [0.25, 0.3) is 0 Å². The summed E-state index contributed by atoms with van der Waals surface area (Å²) in [6.45, 7) is 3.35. The highest BCUT2D eigenvalue weighted by Gasteiger charge is 2.52. The number of thiol groups is 1. The third-order valence-electron chi connectivity index (χ3n) is 5.99. The number of carboxylic acid groups (broad SMARTS) is 1. The van der Waals surface area contributed by atoms with Gasteiger partial charge in [-0.15, -0.1) is 0 Å². The van der Waals surface area contributed by atoms with Crippen molar-refractivity contribution in [2.45, 2.75) is 56.7 Å². The van der Waals surface area contributed by atoms with E-state index in [4.69, 9.17) is 0 Å². The number of rotatable bonds is 8. The number of carbonyl (C=O) groups excluding carboxylic acids is 2. The lowest BCUT2D eigenvalue weighted by Crippen LogP contribution is -2.54. The molecule has 164 valence electrons. The molecule has 1 amide bonds. The van der Waals surface area contributed by atoms with Crippen molar-refractivity contribution in [3.05, 3.63) is 60.2 Å². The summed E-state index contributed by atoms with van der Waals surface area (Å²) in [4.78, 5) is 38.1. The predicted octanol–water partition coefficient (Wildman–Crippen LogP) is 4.30. The SMILES string of the molecule is CC(C)(S)C(=O)C1(C(=O)N[C@@H](Cc2ccc(-c3ccccc3)cc2)C(=O)O)CCCC1. The summed E-state index contributed by atoms with van der Waals surface area (Å²) in [6.07, 6.45) is 2.54. The van der Waals surface area contributed by atoms with Crippen molar-refractivity contribution in [1.29, 1.82) is 0 Å². The van der Waals surface area contributed by atoms with Gasteiger partial charge in [0, 0.05) is 6.42 Å². The average Bonchev–Trinajstić information content (AvgIpc) is 3.24. The second-order valence-electron chi connectivity index (χ2n) is 8.81. The molecule has 0 saturated heterocycles. The quantitative estimate of drug-likeness (QED) is 0.423. The van der Waals surface area contributed by atoms with Gasteiger partial charge in [-0.3, -0.25) is 9.59 Å². The first kappa shape index (κ1) is 23.1. The number of carboxylic acids is 1. The lowest BCUT2D eigenvalue weighted by atomic mass is 9.75. The summed E-state index contributed by atoms with van der Waals surface area (Å²) in [6, 6.07) is 16.4. The summed E-state index contributed by atoms with van der Waals surface area (Å²) >= 11 is 4.38. The molecule has 0 aromatic heterocycles. The van der Waals surface area contributed by atoms with Crippen LogP contribution in [-0.4, -0.2) is 33.6 Å². The average molecular weight is 440 g/mol. The van der Waals surface area contributed by atoms with E-state index in [2.05, 4.69) is 17.9 Å². The second kappa shape index (κ2) is 9.27. The van der Waals surface area contributed by atoms with Crippen molar-refractivity contribution in [3.63, 3.8) is 0 Å². The molecule has 1 aliphatic rings. The summed E-state index contributed by atoms with van der Waals surface area (Å²) in [7, 11) is 0. The molecule has 2 aromatic rings. The Morgan fingerprint density at radius 3 is 2.06 bits per heavy atom. The van der Waals surface area contributed by atoms with Crippen LogP contribution < -0.4 is 5.32 Å². The number of carbonyl (C=O) groups is 3. The van der Waals surface area contributed by atoms with Gasteiger partial charge in [-0.1, -0.05) is 67.4 Å². The van der Waals surface area contributed by atoms with Crippen LogP contribution >= 0.6 is 12.6 Å². The van der Waals surface area contributed by atoms with E-state index in [0.717, 1.165) is 29.5 Å². The molecule has 1 atom stereocenters. The monoisotopic (exact) mass is 439 g/mol. The second-order valence-corrected chi connectivity index (χ2v) is 9.93. The van der Waals surface area contributed by atoms with Crippen LogP contribution in [0, 0.1) is 5.41 Å². The van der Waals surface area contributed by atoms with Gasteiger partial charge in [0.1, 0.15) is 11.5 Å². The third kappa shape index (κ3) is 5.18. The van der Waals surface area contributed by atoms with Crippen molar-refractivity contribution in [2.24, 2.45) is 5.41 Å². The van der Waals surface area contributed by atoms with E-state index in [9.17, 15) is 19.5 Å². The highest BCUT2D eigenvalue weighted by Crippen LogP contribution is 2.43. The molecule has 0 aliphatic heterocycles. The Hall–Kier alpha value is -2.60. The molecule has 0 radical (unpaired) electrons.